The largest absolute Gasteiger partial charge is 0.491 e. The van der Waals surface area contributed by atoms with Crippen molar-refractivity contribution >= 4 is 0 Å². The average Bonchev–Trinajstić information content (AvgIpc) is 3.09. The number of nitrogens with zero attached hydrogens (tertiary/aromatic N) is 2. The van der Waals surface area contributed by atoms with E-state index in [1.165, 1.54) is 38.8 Å². The lowest BCUT2D eigenvalue weighted by Crippen LogP contribution is -2.46. The molecule has 22 heavy (non-hydrogen) atoms. The zero-order valence-corrected chi connectivity index (χ0v) is 13.4. The van der Waals surface area contributed by atoms with Gasteiger partial charge in [-0.2, -0.15) is 0 Å². The molecule has 0 aliphatic carbocycles. The molecule has 0 amide bonds. The van der Waals surface area contributed by atoms with Crippen LogP contribution in [0.2, 0.25) is 0 Å². The molecule has 0 unspecified atom stereocenters. The predicted molar refractivity (Wildman–Crippen MR) is 88.2 cm³/mol. The second-order valence-corrected chi connectivity index (χ2v) is 6.55. The van der Waals surface area contributed by atoms with Crippen LogP contribution < -0.4 is 4.74 Å². The minimum atomic E-state index is -0.413. The number of aliphatic hydroxyl groups is 1. The number of hydrogen-bond donors (Lipinski definition) is 1. The van der Waals surface area contributed by atoms with E-state index >= 15 is 0 Å². The summed E-state index contributed by atoms with van der Waals surface area (Å²) in [6, 6.07) is 10.5. The van der Waals surface area contributed by atoms with Gasteiger partial charge in [0.2, 0.25) is 0 Å². The summed E-state index contributed by atoms with van der Waals surface area (Å²) >= 11 is 0. The molecular weight excluding hydrogens is 276 g/mol. The van der Waals surface area contributed by atoms with Gasteiger partial charge in [0, 0.05) is 12.6 Å². The number of aliphatic hydroxyl groups excluding tert-OH is 1. The molecular formula is C18H28N2O2. The molecule has 1 aromatic rings. The first-order chi connectivity index (χ1) is 10.8. The summed E-state index contributed by atoms with van der Waals surface area (Å²) < 4.78 is 5.63. The highest BCUT2D eigenvalue weighted by molar-refractivity contribution is 5.20. The highest BCUT2D eigenvalue weighted by atomic mass is 16.5. The number of β-amino-alcohol motifs (C(OH)–C–C–N with tert-alkyl or cyclic N) is 1. The minimum absolute atomic E-state index is 0.371. The molecule has 0 radical (unpaired) electrons. The van der Waals surface area contributed by atoms with Gasteiger partial charge in [0.1, 0.15) is 18.5 Å². The molecule has 0 bridgehead atoms. The molecule has 2 heterocycles. The van der Waals surface area contributed by atoms with Gasteiger partial charge in [-0.15, -0.1) is 0 Å². The van der Waals surface area contributed by atoms with E-state index in [1.807, 2.05) is 30.3 Å². The summed E-state index contributed by atoms with van der Waals surface area (Å²) in [5.41, 5.74) is 0. The zero-order valence-electron chi connectivity index (χ0n) is 13.4. The average molecular weight is 304 g/mol. The number of ether oxygens (including phenoxy) is 1. The van der Waals surface area contributed by atoms with Crippen molar-refractivity contribution in [2.75, 3.05) is 39.3 Å². The van der Waals surface area contributed by atoms with E-state index in [0.29, 0.717) is 6.61 Å². The summed E-state index contributed by atoms with van der Waals surface area (Å²) in [4.78, 5) is 5.04. The minimum Gasteiger partial charge on any atom is -0.491 e. The van der Waals surface area contributed by atoms with Gasteiger partial charge in [-0.1, -0.05) is 18.2 Å². The van der Waals surface area contributed by atoms with Gasteiger partial charge in [-0.3, -0.25) is 0 Å². The molecule has 122 valence electrons. The molecule has 2 saturated heterocycles. The van der Waals surface area contributed by atoms with Gasteiger partial charge >= 0.3 is 0 Å². The van der Waals surface area contributed by atoms with E-state index in [-0.39, 0.29) is 0 Å². The molecule has 4 heteroatoms. The molecule has 0 saturated carbocycles. The van der Waals surface area contributed by atoms with Crippen LogP contribution in [0.3, 0.4) is 0 Å². The Bertz CT molecular complexity index is 426. The fraction of sp³-hybridized carbons (Fsp3) is 0.667. The Labute approximate surface area is 133 Å². The first-order valence-corrected chi connectivity index (χ1v) is 8.63. The molecule has 0 aromatic heterocycles. The van der Waals surface area contributed by atoms with Gasteiger partial charge < -0.3 is 19.6 Å². The molecule has 1 aromatic carbocycles. The van der Waals surface area contributed by atoms with Gasteiger partial charge in [0.05, 0.1) is 0 Å². The van der Waals surface area contributed by atoms with Crippen LogP contribution in [-0.2, 0) is 0 Å². The van der Waals surface area contributed by atoms with Crippen LogP contribution in [0.25, 0.3) is 0 Å². The van der Waals surface area contributed by atoms with Crippen molar-refractivity contribution in [1.29, 1.82) is 0 Å². The van der Waals surface area contributed by atoms with Gasteiger partial charge in [0.25, 0.3) is 0 Å². The molecule has 3 rings (SSSR count). The highest BCUT2D eigenvalue weighted by Gasteiger charge is 2.27. The number of rotatable bonds is 6. The van der Waals surface area contributed by atoms with Crippen molar-refractivity contribution < 1.29 is 9.84 Å². The Hall–Kier alpha value is -1.10. The first-order valence-electron chi connectivity index (χ1n) is 8.63. The normalized spacial score (nSPS) is 22.8. The van der Waals surface area contributed by atoms with Crippen LogP contribution in [-0.4, -0.2) is 66.4 Å². The molecule has 2 fully saturated rings. The summed E-state index contributed by atoms with van der Waals surface area (Å²) in [6.07, 6.45) is 4.81. The number of likely N-dealkylation sites (tertiary alicyclic amines) is 2. The monoisotopic (exact) mass is 304 g/mol. The van der Waals surface area contributed by atoms with Crippen molar-refractivity contribution in [2.45, 2.75) is 37.8 Å². The topological polar surface area (TPSA) is 35.9 Å². The van der Waals surface area contributed by atoms with E-state index in [9.17, 15) is 5.11 Å². The third kappa shape index (κ3) is 4.45. The third-order valence-electron chi connectivity index (χ3n) is 4.87. The van der Waals surface area contributed by atoms with Crippen LogP contribution in [0.5, 0.6) is 5.75 Å². The lowest BCUT2D eigenvalue weighted by atomic mass is 10.0. The Balaban J connectivity index is 1.35. The maximum Gasteiger partial charge on any atom is 0.119 e. The highest BCUT2D eigenvalue weighted by Crippen LogP contribution is 2.21. The van der Waals surface area contributed by atoms with Crippen LogP contribution >= 0.6 is 0 Å². The molecule has 1 N–H and O–H groups in total. The molecule has 4 nitrogen and oxygen atoms in total. The second kappa shape index (κ2) is 7.95. The van der Waals surface area contributed by atoms with E-state index in [4.69, 9.17) is 4.74 Å². The third-order valence-corrected chi connectivity index (χ3v) is 4.87. The van der Waals surface area contributed by atoms with E-state index in [0.717, 1.165) is 31.4 Å². The summed E-state index contributed by atoms with van der Waals surface area (Å²) in [5, 5.41) is 10.2. The van der Waals surface area contributed by atoms with E-state index < -0.39 is 6.10 Å². The van der Waals surface area contributed by atoms with Crippen LogP contribution in [0.1, 0.15) is 25.7 Å². The maximum absolute atomic E-state index is 10.2. The van der Waals surface area contributed by atoms with Crippen molar-refractivity contribution in [3.05, 3.63) is 30.3 Å². The van der Waals surface area contributed by atoms with Crippen molar-refractivity contribution in [3.63, 3.8) is 0 Å². The Kier molecular flexibility index (Phi) is 5.70. The molecule has 2 aliphatic rings. The number of benzene rings is 1. The van der Waals surface area contributed by atoms with Crippen LogP contribution in [0.15, 0.2) is 30.3 Å². The lowest BCUT2D eigenvalue weighted by molar-refractivity contribution is 0.0476. The van der Waals surface area contributed by atoms with Crippen LogP contribution in [0.4, 0.5) is 0 Å². The van der Waals surface area contributed by atoms with Gasteiger partial charge in [-0.25, -0.2) is 0 Å². The first kappa shape index (κ1) is 15.8. The lowest BCUT2D eigenvalue weighted by Gasteiger charge is -2.37. The van der Waals surface area contributed by atoms with E-state index in [2.05, 4.69) is 9.80 Å². The molecule has 1 atom stereocenters. The van der Waals surface area contributed by atoms with Crippen molar-refractivity contribution in [2.24, 2.45) is 0 Å². The Morgan fingerprint density at radius 2 is 1.73 bits per heavy atom. The maximum atomic E-state index is 10.2. The van der Waals surface area contributed by atoms with Gasteiger partial charge in [0.15, 0.2) is 0 Å². The molecule has 2 aliphatic heterocycles. The fourth-order valence-corrected chi connectivity index (χ4v) is 3.63. The van der Waals surface area contributed by atoms with Crippen LogP contribution in [0, 0.1) is 0 Å². The standard InChI is InChI=1S/C18H28N2O2/c21-17(15-22-18-6-2-1-3-7-18)14-19-12-8-16(9-13-19)20-10-4-5-11-20/h1-3,6-7,16-17,21H,4-5,8-15H2/t17-/m0/s1. The Morgan fingerprint density at radius 1 is 1.05 bits per heavy atom. The SMILES string of the molecule is O[C@H](COc1ccccc1)CN1CCC(N2CCCC2)CC1. The van der Waals surface area contributed by atoms with Gasteiger partial charge in [-0.05, 0) is 64.0 Å². The zero-order chi connectivity index (χ0) is 15.2. The summed E-state index contributed by atoms with van der Waals surface area (Å²) in [7, 11) is 0. The number of para-hydroxylation sites is 1. The second-order valence-electron chi connectivity index (χ2n) is 6.55. The van der Waals surface area contributed by atoms with E-state index in [1.54, 1.807) is 0 Å². The quantitative estimate of drug-likeness (QED) is 0.872. The number of piperidine rings is 1. The predicted octanol–water partition coefficient (Wildman–Crippen LogP) is 1.99. The molecule has 0 spiro atoms. The van der Waals surface area contributed by atoms with Crippen molar-refractivity contribution in [1.82, 2.24) is 9.80 Å². The Morgan fingerprint density at radius 3 is 2.41 bits per heavy atom. The summed E-state index contributed by atoms with van der Waals surface area (Å²) in [6.45, 7) is 5.87. The smallest absolute Gasteiger partial charge is 0.119 e. The van der Waals surface area contributed by atoms with Crippen molar-refractivity contribution in [3.8, 4) is 5.75 Å². The number of hydrogen-bond acceptors (Lipinski definition) is 4. The summed E-state index contributed by atoms with van der Waals surface area (Å²) in [5.74, 6) is 0.828. The fourth-order valence-electron chi connectivity index (χ4n) is 3.63.